The molecule has 106 valence electrons. The standard InChI is InChI=1S/C13H23N5O/c1-9(2)11-15-12(17-16-11)13(19)18-7-4-10(3-6-14)5-8-18/h9-10H,3-8,14H2,1-2H3,(H,15,16,17). The molecule has 0 aliphatic carbocycles. The van der Waals surface area contributed by atoms with E-state index in [1.54, 1.807) is 0 Å². The fourth-order valence-corrected chi connectivity index (χ4v) is 2.43. The summed E-state index contributed by atoms with van der Waals surface area (Å²) in [5, 5.41) is 6.85. The molecule has 1 saturated heterocycles. The number of nitrogens with zero attached hydrogens (tertiary/aromatic N) is 3. The van der Waals surface area contributed by atoms with E-state index < -0.39 is 0 Å². The molecule has 6 nitrogen and oxygen atoms in total. The summed E-state index contributed by atoms with van der Waals surface area (Å²) in [6, 6.07) is 0. The predicted octanol–water partition coefficient (Wildman–Crippen LogP) is 1.13. The van der Waals surface area contributed by atoms with Crippen LogP contribution in [0.3, 0.4) is 0 Å². The van der Waals surface area contributed by atoms with Crippen molar-refractivity contribution < 1.29 is 4.79 Å². The molecule has 3 N–H and O–H groups in total. The van der Waals surface area contributed by atoms with Gasteiger partial charge in [-0.25, -0.2) is 4.98 Å². The van der Waals surface area contributed by atoms with Crippen LogP contribution in [0.1, 0.15) is 55.5 Å². The molecule has 6 heteroatoms. The Morgan fingerprint density at radius 2 is 2.16 bits per heavy atom. The Balaban J connectivity index is 1.93. The highest BCUT2D eigenvalue weighted by atomic mass is 16.2. The lowest BCUT2D eigenvalue weighted by Crippen LogP contribution is -2.39. The lowest BCUT2D eigenvalue weighted by molar-refractivity contribution is 0.0676. The highest BCUT2D eigenvalue weighted by molar-refractivity contribution is 5.90. The number of rotatable bonds is 4. The second kappa shape index (κ2) is 6.14. The van der Waals surface area contributed by atoms with Crippen molar-refractivity contribution in [2.45, 2.75) is 39.0 Å². The van der Waals surface area contributed by atoms with Gasteiger partial charge in [0.2, 0.25) is 5.82 Å². The van der Waals surface area contributed by atoms with Gasteiger partial charge in [0.1, 0.15) is 5.82 Å². The highest BCUT2D eigenvalue weighted by Crippen LogP contribution is 2.20. The molecule has 1 aliphatic rings. The van der Waals surface area contributed by atoms with E-state index in [0.29, 0.717) is 11.7 Å². The van der Waals surface area contributed by atoms with E-state index in [2.05, 4.69) is 15.2 Å². The van der Waals surface area contributed by atoms with Crippen LogP contribution in [0.2, 0.25) is 0 Å². The van der Waals surface area contributed by atoms with Crippen molar-refractivity contribution >= 4 is 5.91 Å². The summed E-state index contributed by atoms with van der Waals surface area (Å²) >= 11 is 0. The van der Waals surface area contributed by atoms with Crippen LogP contribution in [0.5, 0.6) is 0 Å². The maximum absolute atomic E-state index is 12.3. The number of amides is 1. The molecule has 2 rings (SSSR count). The Morgan fingerprint density at radius 1 is 1.47 bits per heavy atom. The van der Waals surface area contributed by atoms with E-state index in [1.807, 2.05) is 18.7 Å². The first kappa shape index (κ1) is 14.0. The van der Waals surface area contributed by atoms with E-state index in [0.717, 1.165) is 44.7 Å². The Labute approximate surface area is 113 Å². The van der Waals surface area contributed by atoms with Crippen LogP contribution in [-0.2, 0) is 0 Å². The molecule has 1 aromatic rings. The number of carbonyl (C=O) groups is 1. The highest BCUT2D eigenvalue weighted by Gasteiger charge is 2.25. The minimum Gasteiger partial charge on any atom is -0.336 e. The van der Waals surface area contributed by atoms with Crippen molar-refractivity contribution in [1.29, 1.82) is 0 Å². The number of piperidine rings is 1. The van der Waals surface area contributed by atoms with E-state index in [9.17, 15) is 4.79 Å². The number of nitrogens with two attached hydrogens (primary N) is 1. The van der Waals surface area contributed by atoms with Gasteiger partial charge >= 0.3 is 0 Å². The molecule has 0 spiro atoms. The molecule has 1 fully saturated rings. The third kappa shape index (κ3) is 3.32. The van der Waals surface area contributed by atoms with Crippen LogP contribution < -0.4 is 5.73 Å². The molecule has 0 atom stereocenters. The zero-order valence-corrected chi connectivity index (χ0v) is 11.7. The van der Waals surface area contributed by atoms with Crippen LogP contribution in [0, 0.1) is 5.92 Å². The van der Waals surface area contributed by atoms with Crippen molar-refractivity contribution in [2.24, 2.45) is 11.7 Å². The molecule has 1 aliphatic heterocycles. The molecular weight excluding hydrogens is 242 g/mol. The Bertz CT molecular complexity index is 420. The van der Waals surface area contributed by atoms with Gasteiger partial charge in [-0.3, -0.25) is 9.89 Å². The smallest absolute Gasteiger partial charge is 0.293 e. The van der Waals surface area contributed by atoms with E-state index in [1.165, 1.54) is 0 Å². The van der Waals surface area contributed by atoms with Gasteiger partial charge < -0.3 is 10.6 Å². The van der Waals surface area contributed by atoms with Gasteiger partial charge in [0.25, 0.3) is 5.91 Å². The predicted molar refractivity (Wildman–Crippen MR) is 72.8 cm³/mol. The Morgan fingerprint density at radius 3 is 2.68 bits per heavy atom. The van der Waals surface area contributed by atoms with E-state index >= 15 is 0 Å². The first-order chi connectivity index (χ1) is 9.11. The number of aromatic nitrogens is 3. The molecule has 2 heterocycles. The van der Waals surface area contributed by atoms with Crippen LogP contribution in [0.25, 0.3) is 0 Å². The van der Waals surface area contributed by atoms with Gasteiger partial charge in [0, 0.05) is 19.0 Å². The van der Waals surface area contributed by atoms with Crippen LogP contribution >= 0.6 is 0 Å². The molecular formula is C13H23N5O. The molecule has 1 aromatic heterocycles. The van der Waals surface area contributed by atoms with Crippen molar-refractivity contribution in [3.05, 3.63) is 11.6 Å². The Hall–Kier alpha value is -1.43. The summed E-state index contributed by atoms with van der Waals surface area (Å²) in [6.45, 7) is 6.35. The first-order valence-electron chi connectivity index (χ1n) is 7.03. The fourth-order valence-electron chi connectivity index (χ4n) is 2.43. The van der Waals surface area contributed by atoms with Crippen molar-refractivity contribution in [1.82, 2.24) is 20.1 Å². The minimum atomic E-state index is -0.0608. The molecule has 1 amide bonds. The number of nitrogens with one attached hydrogen (secondary N) is 1. The number of aromatic amines is 1. The van der Waals surface area contributed by atoms with Gasteiger partial charge in [-0.1, -0.05) is 13.8 Å². The number of likely N-dealkylation sites (tertiary alicyclic amines) is 1. The average Bonchev–Trinajstić information content (AvgIpc) is 2.89. The zero-order valence-electron chi connectivity index (χ0n) is 11.7. The van der Waals surface area contributed by atoms with Crippen molar-refractivity contribution in [3.63, 3.8) is 0 Å². The van der Waals surface area contributed by atoms with E-state index in [-0.39, 0.29) is 11.8 Å². The third-order valence-electron chi connectivity index (χ3n) is 3.72. The van der Waals surface area contributed by atoms with Crippen molar-refractivity contribution in [3.8, 4) is 0 Å². The monoisotopic (exact) mass is 265 g/mol. The van der Waals surface area contributed by atoms with Gasteiger partial charge in [0.15, 0.2) is 0 Å². The number of H-pyrrole nitrogens is 1. The second-order valence-corrected chi connectivity index (χ2v) is 5.51. The first-order valence-corrected chi connectivity index (χ1v) is 7.03. The van der Waals surface area contributed by atoms with Crippen LogP contribution in [-0.4, -0.2) is 45.6 Å². The molecule has 0 saturated carbocycles. The van der Waals surface area contributed by atoms with Crippen molar-refractivity contribution in [2.75, 3.05) is 19.6 Å². The normalized spacial score (nSPS) is 17.2. The minimum absolute atomic E-state index is 0.0608. The van der Waals surface area contributed by atoms with E-state index in [4.69, 9.17) is 5.73 Å². The summed E-state index contributed by atoms with van der Waals surface area (Å²) in [5.41, 5.74) is 5.57. The molecule has 0 bridgehead atoms. The summed E-state index contributed by atoms with van der Waals surface area (Å²) < 4.78 is 0. The van der Waals surface area contributed by atoms with Gasteiger partial charge in [-0.05, 0) is 31.7 Å². The summed E-state index contributed by atoms with van der Waals surface area (Å²) in [5.74, 6) is 1.91. The lowest BCUT2D eigenvalue weighted by Gasteiger charge is -2.31. The summed E-state index contributed by atoms with van der Waals surface area (Å²) in [4.78, 5) is 18.4. The van der Waals surface area contributed by atoms with Crippen LogP contribution in [0.15, 0.2) is 0 Å². The third-order valence-corrected chi connectivity index (χ3v) is 3.72. The second-order valence-electron chi connectivity index (χ2n) is 5.51. The topological polar surface area (TPSA) is 87.9 Å². The average molecular weight is 265 g/mol. The van der Waals surface area contributed by atoms with Crippen LogP contribution in [0.4, 0.5) is 0 Å². The zero-order chi connectivity index (χ0) is 13.8. The molecule has 19 heavy (non-hydrogen) atoms. The number of hydrogen-bond acceptors (Lipinski definition) is 4. The lowest BCUT2D eigenvalue weighted by atomic mass is 9.93. The molecule has 0 aromatic carbocycles. The number of hydrogen-bond donors (Lipinski definition) is 2. The largest absolute Gasteiger partial charge is 0.336 e. The quantitative estimate of drug-likeness (QED) is 0.854. The van der Waals surface area contributed by atoms with Gasteiger partial charge in [-0.2, -0.15) is 0 Å². The van der Waals surface area contributed by atoms with Gasteiger partial charge in [-0.15, -0.1) is 5.10 Å². The summed E-state index contributed by atoms with van der Waals surface area (Å²) in [6.07, 6.45) is 3.12. The molecule has 0 radical (unpaired) electrons. The maximum atomic E-state index is 12.3. The Kier molecular flexibility index (Phi) is 4.52. The molecule has 0 unspecified atom stereocenters. The number of carbonyl (C=O) groups excluding carboxylic acids is 1. The summed E-state index contributed by atoms with van der Waals surface area (Å²) in [7, 11) is 0. The van der Waals surface area contributed by atoms with Gasteiger partial charge in [0.05, 0.1) is 0 Å². The maximum Gasteiger partial charge on any atom is 0.293 e. The SMILES string of the molecule is CC(C)c1nc(C(=O)N2CCC(CCN)CC2)n[nH]1. The fraction of sp³-hybridized carbons (Fsp3) is 0.769.